The van der Waals surface area contributed by atoms with Gasteiger partial charge in [0.1, 0.15) is 5.82 Å². The van der Waals surface area contributed by atoms with Crippen LogP contribution in [0.15, 0.2) is 16.9 Å². The summed E-state index contributed by atoms with van der Waals surface area (Å²) in [5, 5.41) is 0. The lowest BCUT2D eigenvalue weighted by Crippen LogP contribution is -2.35. The average Bonchev–Trinajstić information content (AvgIpc) is 2.60. The Bertz CT molecular complexity index is 807. The van der Waals surface area contributed by atoms with Gasteiger partial charge >= 0.3 is 0 Å². The zero-order valence-corrected chi connectivity index (χ0v) is 15.0. The topological polar surface area (TPSA) is 76.7 Å². The molecule has 0 amide bonds. The molecule has 0 radical (unpaired) electrons. The van der Waals surface area contributed by atoms with Gasteiger partial charge in [-0.3, -0.25) is 9.69 Å². The van der Waals surface area contributed by atoms with E-state index in [0.717, 1.165) is 23.4 Å². The van der Waals surface area contributed by atoms with Crippen LogP contribution in [0.5, 0.6) is 17.2 Å². The molecule has 0 atom stereocenters. The van der Waals surface area contributed by atoms with Crippen LogP contribution in [0.4, 0.5) is 0 Å². The quantitative estimate of drug-likeness (QED) is 0.888. The Kier molecular flexibility index (Phi) is 4.94. The van der Waals surface area contributed by atoms with E-state index in [1.165, 1.54) is 0 Å². The highest BCUT2D eigenvalue weighted by Gasteiger charge is 2.22. The Morgan fingerprint density at radius 2 is 1.84 bits per heavy atom. The second kappa shape index (κ2) is 7.14. The second-order valence-electron chi connectivity index (χ2n) is 6.07. The zero-order valence-electron chi connectivity index (χ0n) is 15.0. The molecule has 0 saturated heterocycles. The minimum Gasteiger partial charge on any atom is -0.493 e. The Morgan fingerprint density at radius 1 is 1.16 bits per heavy atom. The largest absolute Gasteiger partial charge is 0.493 e. The van der Waals surface area contributed by atoms with E-state index in [4.69, 9.17) is 14.2 Å². The molecular formula is C18H23N3O4. The summed E-state index contributed by atoms with van der Waals surface area (Å²) in [5.74, 6) is 2.51. The molecule has 0 spiro atoms. The fourth-order valence-corrected chi connectivity index (χ4v) is 3.24. The van der Waals surface area contributed by atoms with Crippen molar-refractivity contribution in [2.75, 3.05) is 27.9 Å². The van der Waals surface area contributed by atoms with Crippen molar-refractivity contribution in [2.24, 2.45) is 0 Å². The highest BCUT2D eigenvalue weighted by Crippen LogP contribution is 2.38. The number of H-pyrrole nitrogens is 1. The Hall–Kier alpha value is -2.54. The first-order chi connectivity index (χ1) is 12.0. The minimum absolute atomic E-state index is 0.0186. The van der Waals surface area contributed by atoms with Crippen LogP contribution in [0, 0.1) is 6.92 Å². The molecule has 7 heteroatoms. The van der Waals surface area contributed by atoms with Crippen molar-refractivity contribution in [3.63, 3.8) is 0 Å². The molecule has 1 N–H and O–H groups in total. The van der Waals surface area contributed by atoms with Gasteiger partial charge in [-0.2, -0.15) is 0 Å². The number of nitrogens with one attached hydrogen (secondary N) is 1. The maximum Gasteiger partial charge on any atom is 0.254 e. The van der Waals surface area contributed by atoms with E-state index in [1.807, 2.05) is 12.1 Å². The van der Waals surface area contributed by atoms with Gasteiger partial charge in [-0.1, -0.05) is 0 Å². The summed E-state index contributed by atoms with van der Waals surface area (Å²) in [6.07, 6.45) is 0.697. The summed E-state index contributed by atoms with van der Waals surface area (Å²) < 4.78 is 16.2. The number of aromatic amines is 1. The molecule has 1 aliphatic rings. The molecule has 25 heavy (non-hydrogen) atoms. The predicted molar refractivity (Wildman–Crippen MR) is 93.5 cm³/mol. The monoisotopic (exact) mass is 345 g/mol. The van der Waals surface area contributed by atoms with E-state index < -0.39 is 0 Å². The van der Waals surface area contributed by atoms with Crippen molar-refractivity contribution in [3.8, 4) is 17.2 Å². The van der Waals surface area contributed by atoms with Crippen LogP contribution in [-0.4, -0.2) is 42.7 Å². The molecule has 7 nitrogen and oxygen atoms in total. The first-order valence-corrected chi connectivity index (χ1v) is 8.15. The summed E-state index contributed by atoms with van der Waals surface area (Å²) >= 11 is 0. The molecule has 0 unspecified atom stereocenters. The Morgan fingerprint density at radius 3 is 2.44 bits per heavy atom. The van der Waals surface area contributed by atoms with Gasteiger partial charge in [-0.05, 0) is 31.0 Å². The molecule has 0 saturated carbocycles. The van der Waals surface area contributed by atoms with Crippen molar-refractivity contribution in [2.45, 2.75) is 26.4 Å². The van der Waals surface area contributed by atoms with Crippen LogP contribution in [0.1, 0.15) is 22.6 Å². The van der Waals surface area contributed by atoms with E-state index >= 15 is 0 Å². The van der Waals surface area contributed by atoms with Crippen LogP contribution in [0.3, 0.4) is 0 Å². The molecule has 134 valence electrons. The summed E-state index contributed by atoms with van der Waals surface area (Å²) in [6, 6.07) is 3.90. The van der Waals surface area contributed by atoms with Crippen LogP contribution < -0.4 is 19.8 Å². The number of rotatable bonds is 5. The fourth-order valence-electron chi connectivity index (χ4n) is 3.24. The lowest BCUT2D eigenvalue weighted by Gasteiger charge is -2.28. The minimum atomic E-state index is -0.0186. The van der Waals surface area contributed by atoms with Gasteiger partial charge in [0.05, 0.1) is 27.0 Å². The van der Waals surface area contributed by atoms with Gasteiger partial charge in [0, 0.05) is 25.2 Å². The standard InChI is InChI=1S/C18H23N3O4/c1-11-19-14-10-21(6-5-13(14)18(22)20-11)9-12-7-15(23-2)17(25-4)16(8-12)24-3/h7-8H,5-6,9-10H2,1-4H3,(H,19,20,22). The predicted octanol–water partition coefficient (Wildman–Crippen LogP) is 1.66. The molecule has 0 fully saturated rings. The third-order valence-corrected chi connectivity index (χ3v) is 4.40. The number of fused-ring (bicyclic) bond motifs is 1. The maximum atomic E-state index is 12.0. The molecule has 0 aliphatic carbocycles. The van der Waals surface area contributed by atoms with Crippen LogP contribution >= 0.6 is 0 Å². The van der Waals surface area contributed by atoms with Crippen molar-refractivity contribution < 1.29 is 14.2 Å². The number of aryl methyl sites for hydroxylation is 1. The number of hydrogen-bond donors (Lipinski definition) is 1. The summed E-state index contributed by atoms with van der Waals surface area (Å²) in [5.41, 5.74) is 2.70. The Labute approximate surface area is 146 Å². The number of ether oxygens (including phenoxy) is 3. The van der Waals surface area contributed by atoms with E-state index in [9.17, 15) is 4.79 Å². The zero-order chi connectivity index (χ0) is 18.0. The van der Waals surface area contributed by atoms with Crippen molar-refractivity contribution in [3.05, 3.63) is 45.1 Å². The van der Waals surface area contributed by atoms with Gasteiger partial charge in [0.2, 0.25) is 5.75 Å². The average molecular weight is 345 g/mol. The number of aromatic nitrogens is 2. The summed E-state index contributed by atoms with van der Waals surface area (Å²) in [7, 11) is 4.81. The molecule has 1 aromatic carbocycles. The highest BCUT2D eigenvalue weighted by molar-refractivity contribution is 5.53. The van der Waals surface area contributed by atoms with E-state index in [0.29, 0.717) is 42.6 Å². The van der Waals surface area contributed by atoms with Gasteiger partial charge < -0.3 is 19.2 Å². The third-order valence-electron chi connectivity index (χ3n) is 4.40. The van der Waals surface area contributed by atoms with Crippen LogP contribution in [0.25, 0.3) is 0 Å². The van der Waals surface area contributed by atoms with Crippen molar-refractivity contribution in [1.82, 2.24) is 14.9 Å². The second-order valence-corrected chi connectivity index (χ2v) is 6.07. The lowest BCUT2D eigenvalue weighted by atomic mass is 10.1. The highest BCUT2D eigenvalue weighted by atomic mass is 16.5. The third kappa shape index (κ3) is 3.46. The smallest absolute Gasteiger partial charge is 0.254 e. The molecule has 2 heterocycles. The molecule has 0 bridgehead atoms. The summed E-state index contributed by atoms with van der Waals surface area (Å²) in [6.45, 7) is 3.97. The first kappa shape index (κ1) is 17.3. The van der Waals surface area contributed by atoms with E-state index in [2.05, 4.69) is 14.9 Å². The Balaban J connectivity index is 1.85. The van der Waals surface area contributed by atoms with E-state index in [1.54, 1.807) is 28.3 Å². The number of hydrogen-bond acceptors (Lipinski definition) is 6. The van der Waals surface area contributed by atoms with Gasteiger partial charge in [-0.15, -0.1) is 0 Å². The number of methoxy groups -OCH3 is 3. The van der Waals surface area contributed by atoms with E-state index in [-0.39, 0.29) is 5.56 Å². The molecule has 3 rings (SSSR count). The van der Waals surface area contributed by atoms with Crippen LogP contribution in [0.2, 0.25) is 0 Å². The van der Waals surface area contributed by atoms with Gasteiger partial charge in [0.15, 0.2) is 11.5 Å². The summed E-state index contributed by atoms with van der Waals surface area (Å²) in [4.78, 5) is 21.6. The van der Waals surface area contributed by atoms with Crippen LogP contribution in [-0.2, 0) is 19.5 Å². The molecular weight excluding hydrogens is 322 g/mol. The van der Waals surface area contributed by atoms with Crippen molar-refractivity contribution in [1.29, 1.82) is 0 Å². The normalized spacial score (nSPS) is 14.1. The lowest BCUT2D eigenvalue weighted by molar-refractivity contribution is 0.239. The molecule has 1 aliphatic heterocycles. The molecule has 2 aromatic rings. The number of benzene rings is 1. The molecule has 1 aromatic heterocycles. The number of nitrogens with zero attached hydrogens (tertiary/aromatic N) is 2. The SMILES string of the molecule is COc1cc(CN2CCc3c(nc(C)[nH]c3=O)C2)cc(OC)c1OC. The maximum absolute atomic E-state index is 12.0. The first-order valence-electron chi connectivity index (χ1n) is 8.15. The van der Waals surface area contributed by atoms with Gasteiger partial charge in [-0.25, -0.2) is 4.98 Å². The fraction of sp³-hybridized carbons (Fsp3) is 0.444. The van der Waals surface area contributed by atoms with Crippen molar-refractivity contribution >= 4 is 0 Å². The van der Waals surface area contributed by atoms with Gasteiger partial charge in [0.25, 0.3) is 5.56 Å².